The van der Waals surface area contributed by atoms with Gasteiger partial charge in [0.2, 0.25) is 0 Å². The fraction of sp³-hybridized carbons (Fsp3) is 0.412. The van der Waals surface area contributed by atoms with Gasteiger partial charge in [-0.1, -0.05) is 12.8 Å². The van der Waals surface area contributed by atoms with Crippen LogP contribution >= 0.6 is 0 Å². The lowest BCUT2D eigenvalue weighted by Crippen LogP contribution is -2.45. The van der Waals surface area contributed by atoms with E-state index in [2.05, 4.69) is 15.5 Å². The molecule has 122 valence electrons. The SMILES string of the molecule is COc1ccc(-c2cc(C(=O)NC3CCCCC3O)[nH]n2)cc1. The molecule has 3 N–H and O–H groups in total. The molecule has 1 amide bonds. The van der Waals surface area contributed by atoms with E-state index in [1.54, 1.807) is 13.2 Å². The monoisotopic (exact) mass is 315 g/mol. The van der Waals surface area contributed by atoms with E-state index in [1.165, 1.54) is 0 Å². The Morgan fingerprint density at radius 3 is 2.74 bits per heavy atom. The van der Waals surface area contributed by atoms with E-state index in [9.17, 15) is 9.90 Å². The number of aromatic amines is 1. The second kappa shape index (κ2) is 6.83. The molecule has 1 saturated carbocycles. The standard InChI is InChI=1S/C17H21N3O3/c1-23-12-8-6-11(7-9-12)14-10-15(20-19-14)17(22)18-13-4-2-3-5-16(13)21/h6-10,13,16,21H,2-5H2,1H3,(H,18,22)(H,19,20). The molecule has 0 radical (unpaired) electrons. The maximum Gasteiger partial charge on any atom is 0.269 e. The van der Waals surface area contributed by atoms with E-state index in [4.69, 9.17) is 4.74 Å². The van der Waals surface area contributed by atoms with Gasteiger partial charge in [-0.25, -0.2) is 0 Å². The van der Waals surface area contributed by atoms with Gasteiger partial charge in [0.1, 0.15) is 11.4 Å². The Balaban J connectivity index is 1.69. The molecule has 1 heterocycles. The Bertz CT molecular complexity index is 666. The molecule has 1 aromatic heterocycles. The fourth-order valence-corrected chi connectivity index (χ4v) is 2.87. The van der Waals surface area contributed by atoms with Crippen molar-refractivity contribution in [3.8, 4) is 17.0 Å². The maximum atomic E-state index is 12.3. The van der Waals surface area contributed by atoms with Gasteiger partial charge in [0, 0.05) is 5.56 Å². The van der Waals surface area contributed by atoms with Gasteiger partial charge in [0.25, 0.3) is 5.91 Å². The molecule has 0 bridgehead atoms. The van der Waals surface area contributed by atoms with Crippen LogP contribution in [0.25, 0.3) is 11.3 Å². The van der Waals surface area contributed by atoms with Crippen molar-refractivity contribution in [1.82, 2.24) is 15.5 Å². The second-order valence-electron chi connectivity index (χ2n) is 5.83. The summed E-state index contributed by atoms with van der Waals surface area (Å²) in [5, 5.41) is 19.8. The van der Waals surface area contributed by atoms with Crippen LogP contribution in [0.2, 0.25) is 0 Å². The van der Waals surface area contributed by atoms with Crippen LogP contribution in [0.3, 0.4) is 0 Å². The van der Waals surface area contributed by atoms with Gasteiger partial charge < -0.3 is 15.2 Å². The Morgan fingerprint density at radius 1 is 1.30 bits per heavy atom. The number of nitrogens with one attached hydrogen (secondary N) is 2. The number of hydrogen-bond acceptors (Lipinski definition) is 4. The normalized spacial score (nSPS) is 21.0. The van der Waals surface area contributed by atoms with E-state index in [0.29, 0.717) is 11.4 Å². The molecule has 2 unspecified atom stereocenters. The highest BCUT2D eigenvalue weighted by molar-refractivity contribution is 5.93. The fourth-order valence-electron chi connectivity index (χ4n) is 2.87. The van der Waals surface area contributed by atoms with Crippen LogP contribution in [-0.2, 0) is 0 Å². The van der Waals surface area contributed by atoms with Crippen LogP contribution < -0.4 is 10.1 Å². The van der Waals surface area contributed by atoms with Crippen molar-refractivity contribution in [2.75, 3.05) is 7.11 Å². The van der Waals surface area contributed by atoms with Crippen molar-refractivity contribution in [3.63, 3.8) is 0 Å². The van der Waals surface area contributed by atoms with Crippen molar-refractivity contribution >= 4 is 5.91 Å². The number of H-pyrrole nitrogens is 1. The minimum absolute atomic E-state index is 0.177. The number of carbonyl (C=O) groups excluding carboxylic acids is 1. The van der Waals surface area contributed by atoms with Gasteiger partial charge in [0.15, 0.2) is 0 Å². The van der Waals surface area contributed by atoms with E-state index in [-0.39, 0.29) is 11.9 Å². The van der Waals surface area contributed by atoms with Gasteiger partial charge in [-0.2, -0.15) is 5.10 Å². The summed E-state index contributed by atoms with van der Waals surface area (Å²) in [6, 6.07) is 9.02. The van der Waals surface area contributed by atoms with Crippen molar-refractivity contribution in [3.05, 3.63) is 36.0 Å². The number of aliphatic hydroxyl groups excluding tert-OH is 1. The lowest BCUT2D eigenvalue weighted by molar-refractivity contribution is 0.0714. The first kappa shape index (κ1) is 15.6. The molecule has 6 nitrogen and oxygen atoms in total. The number of aliphatic hydroxyl groups is 1. The number of nitrogens with zero attached hydrogens (tertiary/aromatic N) is 1. The minimum Gasteiger partial charge on any atom is -0.497 e. The average Bonchev–Trinajstić information content (AvgIpc) is 3.07. The summed E-state index contributed by atoms with van der Waals surface area (Å²) in [5.74, 6) is 0.539. The number of methoxy groups -OCH3 is 1. The summed E-state index contributed by atoms with van der Waals surface area (Å²) in [7, 11) is 1.62. The van der Waals surface area contributed by atoms with Gasteiger partial charge in [-0.05, 0) is 43.2 Å². The van der Waals surface area contributed by atoms with E-state index in [1.807, 2.05) is 24.3 Å². The van der Waals surface area contributed by atoms with Crippen LogP contribution in [0.4, 0.5) is 0 Å². The van der Waals surface area contributed by atoms with Crippen LogP contribution in [0.5, 0.6) is 5.75 Å². The van der Waals surface area contributed by atoms with Crippen molar-refractivity contribution in [2.24, 2.45) is 0 Å². The van der Waals surface area contributed by atoms with Gasteiger partial charge in [-0.3, -0.25) is 9.89 Å². The number of ether oxygens (including phenoxy) is 1. The summed E-state index contributed by atoms with van der Waals surface area (Å²) in [4.78, 5) is 12.3. The quantitative estimate of drug-likeness (QED) is 0.806. The first-order chi connectivity index (χ1) is 11.2. The Hall–Kier alpha value is -2.34. The van der Waals surface area contributed by atoms with Crippen molar-refractivity contribution in [1.29, 1.82) is 0 Å². The molecular formula is C17H21N3O3. The van der Waals surface area contributed by atoms with E-state index in [0.717, 1.165) is 37.0 Å². The maximum absolute atomic E-state index is 12.3. The highest BCUT2D eigenvalue weighted by Gasteiger charge is 2.25. The first-order valence-electron chi connectivity index (χ1n) is 7.86. The predicted octanol–water partition coefficient (Wildman–Crippen LogP) is 2.12. The Labute approximate surface area is 134 Å². The lowest BCUT2D eigenvalue weighted by Gasteiger charge is -2.28. The number of aromatic nitrogens is 2. The molecule has 6 heteroatoms. The third-order valence-corrected chi connectivity index (χ3v) is 4.25. The largest absolute Gasteiger partial charge is 0.497 e. The predicted molar refractivity (Wildman–Crippen MR) is 86.3 cm³/mol. The molecule has 0 aliphatic heterocycles. The minimum atomic E-state index is -0.461. The number of benzene rings is 1. The zero-order valence-corrected chi connectivity index (χ0v) is 13.1. The lowest BCUT2D eigenvalue weighted by atomic mass is 9.92. The zero-order chi connectivity index (χ0) is 16.2. The smallest absolute Gasteiger partial charge is 0.269 e. The molecule has 1 aliphatic carbocycles. The van der Waals surface area contributed by atoms with Crippen LogP contribution in [0.15, 0.2) is 30.3 Å². The van der Waals surface area contributed by atoms with E-state index < -0.39 is 6.10 Å². The third kappa shape index (κ3) is 3.53. The van der Waals surface area contributed by atoms with E-state index >= 15 is 0 Å². The molecule has 1 fully saturated rings. The molecular weight excluding hydrogens is 294 g/mol. The first-order valence-corrected chi connectivity index (χ1v) is 7.86. The van der Waals surface area contributed by atoms with Crippen molar-refractivity contribution in [2.45, 2.75) is 37.8 Å². The molecule has 2 aromatic rings. The second-order valence-corrected chi connectivity index (χ2v) is 5.83. The Kier molecular flexibility index (Phi) is 4.62. The van der Waals surface area contributed by atoms with Crippen LogP contribution in [0, 0.1) is 0 Å². The molecule has 3 rings (SSSR count). The Morgan fingerprint density at radius 2 is 2.04 bits per heavy atom. The average molecular weight is 315 g/mol. The summed E-state index contributed by atoms with van der Waals surface area (Å²) >= 11 is 0. The number of carbonyl (C=O) groups is 1. The van der Waals surface area contributed by atoms with Gasteiger partial charge in [-0.15, -0.1) is 0 Å². The van der Waals surface area contributed by atoms with Gasteiger partial charge in [0.05, 0.1) is 24.9 Å². The summed E-state index contributed by atoms with van der Waals surface area (Å²) < 4.78 is 5.13. The molecule has 0 saturated heterocycles. The molecule has 1 aliphatic rings. The number of rotatable bonds is 4. The molecule has 2 atom stereocenters. The molecule has 1 aromatic carbocycles. The van der Waals surface area contributed by atoms with Crippen molar-refractivity contribution < 1.29 is 14.6 Å². The number of amides is 1. The zero-order valence-electron chi connectivity index (χ0n) is 13.1. The van der Waals surface area contributed by atoms with Crippen LogP contribution in [-0.4, -0.2) is 40.5 Å². The third-order valence-electron chi connectivity index (χ3n) is 4.25. The topological polar surface area (TPSA) is 87.2 Å². The van der Waals surface area contributed by atoms with Crippen LogP contribution in [0.1, 0.15) is 36.2 Å². The highest BCUT2D eigenvalue weighted by Crippen LogP contribution is 2.22. The summed E-state index contributed by atoms with van der Waals surface area (Å²) in [5.41, 5.74) is 1.99. The summed E-state index contributed by atoms with van der Waals surface area (Å²) in [6.07, 6.45) is 3.13. The molecule has 0 spiro atoms. The number of hydrogen-bond donors (Lipinski definition) is 3. The summed E-state index contributed by atoms with van der Waals surface area (Å²) in [6.45, 7) is 0. The molecule has 23 heavy (non-hydrogen) atoms. The van der Waals surface area contributed by atoms with Gasteiger partial charge >= 0.3 is 0 Å². The highest BCUT2D eigenvalue weighted by atomic mass is 16.5.